The number of carbonyl (C=O) groups is 1. The average Bonchev–Trinajstić information content (AvgIpc) is 3.38. The van der Waals surface area contributed by atoms with Crippen molar-refractivity contribution in [2.75, 3.05) is 12.4 Å². The number of anilines is 1. The van der Waals surface area contributed by atoms with Crippen LogP contribution in [0.3, 0.4) is 0 Å². The van der Waals surface area contributed by atoms with Crippen LogP contribution in [0.5, 0.6) is 5.75 Å². The van der Waals surface area contributed by atoms with E-state index in [9.17, 15) is 4.79 Å². The van der Waals surface area contributed by atoms with Gasteiger partial charge in [0.25, 0.3) is 5.91 Å². The van der Waals surface area contributed by atoms with E-state index in [1.165, 1.54) is 0 Å². The van der Waals surface area contributed by atoms with Crippen LogP contribution in [0.15, 0.2) is 60.0 Å². The number of rotatable bonds is 6. The number of methoxy groups -OCH3 is 1. The molecule has 3 aromatic rings. The number of hydrogen-bond donors (Lipinski definition) is 1. The highest BCUT2D eigenvalue weighted by Gasteiger charge is 2.29. The van der Waals surface area contributed by atoms with Gasteiger partial charge in [-0.05, 0) is 47.5 Å². The van der Waals surface area contributed by atoms with Gasteiger partial charge < -0.3 is 9.57 Å². The lowest BCUT2D eigenvalue weighted by atomic mass is 10.0. The summed E-state index contributed by atoms with van der Waals surface area (Å²) >= 11 is 6.00. The molecule has 2 aromatic carbocycles. The first-order valence-corrected chi connectivity index (χ1v) is 9.30. The van der Waals surface area contributed by atoms with E-state index in [0.717, 1.165) is 16.9 Å². The third-order valence-corrected chi connectivity index (χ3v) is 4.62. The van der Waals surface area contributed by atoms with Gasteiger partial charge in [0.2, 0.25) is 12.1 Å². The molecule has 0 spiro atoms. The van der Waals surface area contributed by atoms with Crippen LogP contribution in [0.2, 0.25) is 5.02 Å². The van der Waals surface area contributed by atoms with Gasteiger partial charge >= 0.3 is 0 Å². The number of nitrogens with zero attached hydrogens (tertiary/aromatic N) is 4. The van der Waals surface area contributed by atoms with E-state index < -0.39 is 6.10 Å². The van der Waals surface area contributed by atoms with Crippen molar-refractivity contribution in [2.24, 2.45) is 5.16 Å². The van der Waals surface area contributed by atoms with Crippen molar-refractivity contribution < 1.29 is 14.4 Å². The Balaban J connectivity index is 1.34. The van der Waals surface area contributed by atoms with Crippen LogP contribution in [-0.2, 0) is 16.2 Å². The molecule has 1 atom stereocenters. The minimum absolute atomic E-state index is 0.207. The predicted octanol–water partition coefficient (Wildman–Crippen LogP) is 3.12. The van der Waals surface area contributed by atoms with Gasteiger partial charge in [-0.25, -0.2) is 9.67 Å². The van der Waals surface area contributed by atoms with Crippen molar-refractivity contribution in [3.8, 4) is 5.75 Å². The Morgan fingerprint density at radius 1 is 1.31 bits per heavy atom. The molecule has 1 unspecified atom stereocenters. The summed E-state index contributed by atoms with van der Waals surface area (Å²) in [5.41, 5.74) is 2.56. The fourth-order valence-corrected chi connectivity index (χ4v) is 3.13. The lowest BCUT2D eigenvalue weighted by Gasteiger charge is -2.07. The lowest BCUT2D eigenvalue weighted by molar-refractivity contribution is -0.125. The molecule has 1 N–H and O–H groups in total. The highest BCUT2D eigenvalue weighted by Crippen LogP contribution is 2.20. The first kappa shape index (κ1) is 18.9. The molecule has 0 fully saturated rings. The molecule has 148 valence electrons. The summed E-state index contributed by atoms with van der Waals surface area (Å²) in [7, 11) is 1.61. The Bertz CT molecular complexity index is 1050. The Hall–Kier alpha value is -3.39. The molecule has 1 aliphatic rings. The molecule has 8 nitrogen and oxygen atoms in total. The van der Waals surface area contributed by atoms with Gasteiger partial charge in [-0.3, -0.25) is 10.1 Å². The summed E-state index contributed by atoms with van der Waals surface area (Å²) in [5, 5.41) is 11.6. The second-order valence-corrected chi connectivity index (χ2v) is 6.89. The minimum atomic E-state index is -0.730. The molecule has 9 heteroatoms. The third kappa shape index (κ3) is 4.55. The van der Waals surface area contributed by atoms with Gasteiger partial charge in [0.15, 0.2) is 0 Å². The molecule has 29 heavy (non-hydrogen) atoms. The maximum atomic E-state index is 12.5. The quantitative estimate of drug-likeness (QED) is 0.673. The second kappa shape index (κ2) is 8.32. The van der Waals surface area contributed by atoms with E-state index in [1.807, 2.05) is 48.5 Å². The molecule has 0 saturated heterocycles. The number of nitrogens with one attached hydrogen (secondary N) is 1. The zero-order chi connectivity index (χ0) is 20.2. The van der Waals surface area contributed by atoms with Gasteiger partial charge in [-0.15, -0.1) is 5.10 Å². The van der Waals surface area contributed by atoms with Crippen LogP contribution in [0.25, 0.3) is 0 Å². The van der Waals surface area contributed by atoms with E-state index >= 15 is 0 Å². The van der Waals surface area contributed by atoms with Gasteiger partial charge in [0.1, 0.15) is 12.1 Å². The minimum Gasteiger partial charge on any atom is -0.497 e. The van der Waals surface area contributed by atoms with Gasteiger partial charge in [0.05, 0.1) is 19.4 Å². The summed E-state index contributed by atoms with van der Waals surface area (Å²) in [6.45, 7) is 0.494. The van der Waals surface area contributed by atoms with Crippen molar-refractivity contribution in [2.45, 2.75) is 19.1 Å². The van der Waals surface area contributed by atoms with Gasteiger partial charge in [-0.2, -0.15) is 0 Å². The largest absolute Gasteiger partial charge is 0.497 e. The van der Waals surface area contributed by atoms with E-state index in [0.29, 0.717) is 23.7 Å². The Labute approximate surface area is 172 Å². The summed E-state index contributed by atoms with van der Waals surface area (Å²) in [6, 6.07) is 14.9. The number of aromatic nitrogens is 3. The lowest BCUT2D eigenvalue weighted by Crippen LogP contribution is -2.28. The molecular formula is C20H18ClN5O3. The number of ether oxygens (including phenoxy) is 1. The van der Waals surface area contributed by atoms with Crippen molar-refractivity contribution >= 4 is 29.2 Å². The second-order valence-electron chi connectivity index (χ2n) is 6.45. The number of amides is 1. The fourth-order valence-electron chi connectivity index (χ4n) is 2.91. The van der Waals surface area contributed by atoms with Crippen LogP contribution in [0.1, 0.15) is 17.5 Å². The molecule has 0 aliphatic carbocycles. The number of carbonyl (C=O) groups excluding carboxylic acids is 1. The summed E-state index contributed by atoms with van der Waals surface area (Å²) in [4.78, 5) is 21.9. The Morgan fingerprint density at radius 2 is 2.14 bits per heavy atom. The van der Waals surface area contributed by atoms with Crippen LogP contribution >= 0.6 is 11.6 Å². The zero-order valence-electron chi connectivity index (χ0n) is 15.6. The Kier molecular flexibility index (Phi) is 5.44. The molecule has 1 amide bonds. The zero-order valence-corrected chi connectivity index (χ0v) is 16.3. The number of oxime groups is 1. The molecule has 2 heterocycles. The molecule has 0 saturated carbocycles. The highest BCUT2D eigenvalue weighted by atomic mass is 35.5. The van der Waals surface area contributed by atoms with Crippen LogP contribution in [0.4, 0.5) is 5.95 Å². The average molecular weight is 412 g/mol. The summed E-state index contributed by atoms with van der Waals surface area (Å²) < 4.78 is 6.77. The smallest absolute Gasteiger partial charge is 0.271 e. The van der Waals surface area contributed by atoms with E-state index in [1.54, 1.807) is 18.1 Å². The SMILES string of the molecule is COc1ccc(C2=NOC(C(=O)Nc3ncn(Cc4cccc(Cl)c4)n3)C2)cc1. The van der Waals surface area contributed by atoms with Crippen molar-refractivity contribution in [3.63, 3.8) is 0 Å². The molecular weight excluding hydrogens is 394 g/mol. The standard InChI is InChI=1S/C20H18ClN5O3/c1-28-16-7-5-14(6-8-16)17-10-18(29-25-17)19(27)23-20-22-12-26(24-20)11-13-3-2-4-15(21)9-13/h2-9,12,18H,10-11H2,1H3,(H,23,24,27). The maximum Gasteiger partial charge on any atom is 0.271 e. The van der Waals surface area contributed by atoms with Crippen LogP contribution < -0.4 is 10.1 Å². The molecule has 0 radical (unpaired) electrons. The van der Waals surface area contributed by atoms with Crippen molar-refractivity contribution in [1.82, 2.24) is 14.8 Å². The van der Waals surface area contributed by atoms with Crippen molar-refractivity contribution in [3.05, 3.63) is 71.0 Å². The molecule has 1 aromatic heterocycles. The monoisotopic (exact) mass is 411 g/mol. The normalized spacial score (nSPS) is 15.5. The fraction of sp³-hybridized carbons (Fsp3) is 0.200. The summed E-state index contributed by atoms with van der Waals surface area (Å²) in [5.74, 6) is 0.610. The van der Waals surface area contributed by atoms with Gasteiger partial charge in [0, 0.05) is 11.4 Å². The summed E-state index contributed by atoms with van der Waals surface area (Å²) in [6.07, 6.45) is 1.18. The van der Waals surface area contributed by atoms with E-state index in [4.69, 9.17) is 21.2 Å². The topological polar surface area (TPSA) is 90.6 Å². The predicted molar refractivity (Wildman–Crippen MR) is 108 cm³/mol. The van der Waals surface area contributed by atoms with Crippen LogP contribution in [0, 0.1) is 0 Å². The van der Waals surface area contributed by atoms with Crippen LogP contribution in [-0.4, -0.2) is 39.6 Å². The van der Waals surface area contributed by atoms with Gasteiger partial charge in [-0.1, -0.05) is 28.9 Å². The maximum absolute atomic E-state index is 12.5. The Morgan fingerprint density at radius 3 is 2.90 bits per heavy atom. The first-order chi connectivity index (χ1) is 14.1. The van der Waals surface area contributed by atoms with Crippen molar-refractivity contribution in [1.29, 1.82) is 0 Å². The number of halogens is 1. The number of benzene rings is 2. The third-order valence-electron chi connectivity index (χ3n) is 4.39. The van der Waals surface area contributed by atoms with E-state index in [2.05, 4.69) is 20.6 Å². The number of hydrogen-bond acceptors (Lipinski definition) is 6. The molecule has 4 rings (SSSR count). The molecule has 1 aliphatic heterocycles. The van der Waals surface area contributed by atoms with E-state index in [-0.39, 0.29) is 11.9 Å². The highest BCUT2D eigenvalue weighted by molar-refractivity contribution is 6.30. The molecule has 0 bridgehead atoms. The first-order valence-electron chi connectivity index (χ1n) is 8.92.